The van der Waals surface area contributed by atoms with Crippen molar-refractivity contribution in [1.29, 1.82) is 0 Å². The molecular weight excluding hydrogens is 457 g/mol. The van der Waals surface area contributed by atoms with E-state index in [1.165, 1.54) is 33.1 Å². The maximum atomic E-state index is 13.4. The third-order valence-electron chi connectivity index (χ3n) is 5.58. The lowest BCUT2D eigenvalue weighted by atomic mass is 9.99. The second kappa shape index (κ2) is 8.86. The van der Waals surface area contributed by atoms with Crippen LogP contribution in [0.2, 0.25) is 5.02 Å². The minimum atomic E-state index is -3.71. The van der Waals surface area contributed by atoms with E-state index in [1.807, 2.05) is 0 Å². The summed E-state index contributed by atoms with van der Waals surface area (Å²) in [6, 6.07) is 9.79. The maximum Gasteiger partial charge on any atom is 0.243 e. The van der Waals surface area contributed by atoms with E-state index in [0.29, 0.717) is 26.2 Å². The molecule has 0 atom stereocenters. The molecule has 2 heterocycles. The van der Waals surface area contributed by atoms with Crippen LogP contribution in [0.3, 0.4) is 0 Å². The third-order valence-corrected chi connectivity index (χ3v) is 8.71. The van der Waals surface area contributed by atoms with Gasteiger partial charge in [0.05, 0.1) is 15.6 Å². The summed E-state index contributed by atoms with van der Waals surface area (Å²) in [5.74, 6) is -0.633. The summed E-state index contributed by atoms with van der Waals surface area (Å²) in [5.41, 5.74) is 4.84. The highest BCUT2D eigenvalue weighted by Gasteiger charge is 2.30. The van der Waals surface area contributed by atoms with Crippen LogP contribution in [-0.2, 0) is 16.4 Å². The summed E-state index contributed by atoms with van der Waals surface area (Å²) in [7, 11) is -3.71. The topological polar surface area (TPSA) is 53.5 Å². The number of halogens is 2. The van der Waals surface area contributed by atoms with Gasteiger partial charge < -0.3 is 4.90 Å². The molecule has 1 aromatic heterocycles. The monoisotopic (exact) mass is 479 g/mol. The zero-order valence-corrected chi connectivity index (χ0v) is 19.7. The van der Waals surface area contributed by atoms with E-state index in [1.54, 1.807) is 11.3 Å². The molecule has 9 heteroatoms. The molecular formula is C22H23ClFN3O2S2. The van der Waals surface area contributed by atoms with Gasteiger partial charge in [0.2, 0.25) is 10.0 Å². The number of sulfonamides is 1. The van der Waals surface area contributed by atoms with Gasteiger partial charge in [-0.05, 0) is 48.7 Å². The molecule has 5 nitrogen and oxygen atoms in total. The lowest BCUT2D eigenvalue weighted by molar-refractivity contribution is 0.384. The van der Waals surface area contributed by atoms with Gasteiger partial charge in [0.25, 0.3) is 0 Å². The summed E-state index contributed by atoms with van der Waals surface area (Å²) >= 11 is 7.35. The van der Waals surface area contributed by atoms with Crippen LogP contribution in [0.1, 0.15) is 22.4 Å². The average molecular weight is 480 g/mol. The van der Waals surface area contributed by atoms with Crippen LogP contribution in [0.4, 0.5) is 9.52 Å². The van der Waals surface area contributed by atoms with E-state index < -0.39 is 15.8 Å². The highest BCUT2D eigenvalue weighted by atomic mass is 35.5. The number of hydrogen-bond donors (Lipinski definition) is 0. The first-order chi connectivity index (χ1) is 14.8. The normalized spacial score (nSPS) is 15.4. The lowest BCUT2D eigenvalue weighted by Crippen LogP contribution is -2.48. The molecule has 1 fully saturated rings. The van der Waals surface area contributed by atoms with Gasteiger partial charge in [0.15, 0.2) is 5.13 Å². The number of thiazole rings is 1. The van der Waals surface area contributed by atoms with Gasteiger partial charge in [-0.2, -0.15) is 4.31 Å². The van der Waals surface area contributed by atoms with E-state index in [0.717, 1.165) is 23.3 Å². The second-order valence-corrected chi connectivity index (χ2v) is 10.8. The number of aromatic nitrogens is 1. The van der Waals surface area contributed by atoms with Crippen molar-refractivity contribution in [2.45, 2.75) is 25.2 Å². The van der Waals surface area contributed by atoms with Crippen molar-refractivity contribution in [1.82, 2.24) is 9.29 Å². The molecule has 1 saturated heterocycles. The minimum Gasteiger partial charge on any atom is -0.345 e. The number of hydrogen-bond acceptors (Lipinski definition) is 5. The zero-order chi connectivity index (χ0) is 22.2. The quantitative estimate of drug-likeness (QED) is 0.534. The molecule has 0 bridgehead atoms. The first-order valence-electron chi connectivity index (χ1n) is 9.95. The lowest BCUT2D eigenvalue weighted by Gasteiger charge is -2.33. The zero-order valence-electron chi connectivity index (χ0n) is 17.3. The van der Waals surface area contributed by atoms with Gasteiger partial charge in [-0.3, -0.25) is 0 Å². The molecule has 0 N–H and O–H groups in total. The molecule has 0 saturated carbocycles. The Kier molecular flexibility index (Phi) is 6.35. The van der Waals surface area contributed by atoms with Gasteiger partial charge in [-0.1, -0.05) is 29.8 Å². The van der Waals surface area contributed by atoms with Gasteiger partial charge >= 0.3 is 0 Å². The standard InChI is InChI=1S/C22H23ClFN3O2S2/c1-15-4-3-5-16(2)19(15)12-17-14-30-22(25-17)26-8-10-27(11-9-26)31(28,29)18-6-7-21(24)20(23)13-18/h3-7,13-14H,8-12H2,1-2H3. The third kappa shape index (κ3) is 4.62. The Morgan fingerprint density at radius 1 is 1.10 bits per heavy atom. The fraction of sp³-hybridized carbons (Fsp3) is 0.318. The van der Waals surface area contributed by atoms with Crippen molar-refractivity contribution < 1.29 is 12.8 Å². The Bertz CT molecular complexity index is 1180. The molecule has 0 amide bonds. The molecule has 1 aliphatic heterocycles. The van der Waals surface area contributed by atoms with Crippen LogP contribution >= 0.6 is 22.9 Å². The van der Waals surface area contributed by atoms with Crippen LogP contribution in [0, 0.1) is 19.7 Å². The van der Waals surface area contributed by atoms with Crippen LogP contribution in [0.25, 0.3) is 0 Å². The number of rotatable bonds is 5. The molecule has 3 aromatic rings. The summed E-state index contributed by atoms with van der Waals surface area (Å²) < 4.78 is 40.6. The van der Waals surface area contributed by atoms with E-state index in [-0.39, 0.29) is 9.92 Å². The largest absolute Gasteiger partial charge is 0.345 e. The van der Waals surface area contributed by atoms with E-state index >= 15 is 0 Å². The fourth-order valence-electron chi connectivity index (χ4n) is 3.74. The summed E-state index contributed by atoms with van der Waals surface area (Å²) in [5, 5.41) is 2.78. The molecule has 164 valence electrons. The maximum absolute atomic E-state index is 13.4. The smallest absolute Gasteiger partial charge is 0.243 e. The highest BCUT2D eigenvalue weighted by molar-refractivity contribution is 7.89. The highest BCUT2D eigenvalue weighted by Crippen LogP contribution is 2.27. The molecule has 0 unspecified atom stereocenters. The van der Waals surface area contributed by atoms with Crippen molar-refractivity contribution in [2.24, 2.45) is 0 Å². The molecule has 0 radical (unpaired) electrons. The number of piperazine rings is 1. The molecule has 2 aromatic carbocycles. The number of anilines is 1. The first-order valence-corrected chi connectivity index (χ1v) is 12.6. The van der Waals surface area contributed by atoms with E-state index in [9.17, 15) is 12.8 Å². The Morgan fingerprint density at radius 3 is 2.42 bits per heavy atom. The fourth-order valence-corrected chi connectivity index (χ4v) is 6.31. The number of benzene rings is 2. The van der Waals surface area contributed by atoms with Gasteiger partial charge in [0, 0.05) is 38.0 Å². The van der Waals surface area contributed by atoms with Crippen molar-refractivity contribution in [3.63, 3.8) is 0 Å². The number of nitrogens with zero attached hydrogens (tertiary/aromatic N) is 3. The van der Waals surface area contributed by atoms with Crippen LogP contribution in [-0.4, -0.2) is 43.9 Å². The van der Waals surface area contributed by atoms with Crippen molar-refractivity contribution in [3.8, 4) is 0 Å². The van der Waals surface area contributed by atoms with Crippen molar-refractivity contribution >= 4 is 38.1 Å². The SMILES string of the molecule is Cc1cccc(C)c1Cc1csc(N2CCN(S(=O)(=O)c3ccc(F)c(Cl)c3)CC2)n1. The van der Waals surface area contributed by atoms with Crippen molar-refractivity contribution in [3.05, 3.63) is 75.0 Å². The first kappa shape index (κ1) is 22.2. The molecule has 0 aliphatic carbocycles. The summed E-state index contributed by atoms with van der Waals surface area (Å²) in [6.07, 6.45) is 0.786. The summed E-state index contributed by atoms with van der Waals surface area (Å²) in [6.45, 7) is 5.99. The molecule has 4 rings (SSSR count). The molecule has 1 aliphatic rings. The predicted octanol–water partition coefficient (Wildman–Crippen LogP) is 4.65. The van der Waals surface area contributed by atoms with Gasteiger partial charge in [-0.15, -0.1) is 11.3 Å². The Balaban J connectivity index is 1.43. The predicted molar refractivity (Wildman–Crippen MR) is 123 cm³/mol. The Hall–Kier alpha value is -2.00. The Morgan fingerprint density at radius 2 is 1.77 bits per heavy atom. The van der Waals surface area contributed by atoms with E-state index in [4.69, 9.17) is 16.6 Å². The second-order valence-electron chi connectivity index (χ2n) is 7.64. The average Bonchev–Trinajstić information content (AvgIpc) is 3.21. The number of aryl methyl sites for hydroxylation is 2. The van der Waals surface area contributed by atoms with Crippen LogP contribution < -0.4 is 4.90 Å². The Labute approximate surface area is 191 Å². The van der Waals surface area contributed by atoms with Gasteiger partial charge in [0.1, 0.15) is 5.82 Å². The van der Waals surface area contributed by atoms with Gasteiger partial charge in [-0.25, -0.2) is 17.8 Å². The minimum absolute atomic E-state index is 0.0116. The van der Waals surface area contributed by atoms with Crippen LogP contribution in [0.15, 0.2) is 46.7 Å². The van der Waals surface area contributed by atoms with E-state index in [2.05, 4.69) is 42.3 Å². The molecule has 0 spiro atoms. The summed E-state index contributed by atoms with van der Waals surface area (Å²) in [4.78, 5) is 6.92. The van der Waals surface area contributed by atoms with Crippen LogP contribution in [0.5, 0.6) is 0 Å². The molecule has 31 heavy (non-hydrogen) atoms. The van der Waals surface area contributed by atoms with Crippen molar-refractivity contribution in [2.75, 3.05) is 31.1 Å².